The van der Waals surface area contributed by atoms with Crippen LogP contribution in [0.3, 0.4) is 0 Å². The van der Waals surface area contributed by atoms with Crippen molar-refractivity contribution in [2.24, 2.45) is 5.14 Å². The van der Waals surface area contributed by atoms with Crippen molar-refractivity contribution in [2.45, 2.75) is 4.90 Å². The van der Waals surface area contributed by atoms with E-state index in [1.54, 1.807) is 48.5 Å². The van der Waals surface area contributed by atoms with Crippen molar-refractivity contribution in [1.29, 1.82) is 0 Å². The number of nitrogens with zero attached hydrogens (tertiary/aromatic N) is 1. The van der Waals surface area contributed by atoms with Crippen LogP contribution in [0.4, 0.5) is 11.4 Å². The molecule has 0 fully saturated rings. The highest BCUT2D eigenvalue weighted by atomic mass is 79.9. The van der Waals surface area contributed by atoms with Crippen molar-refractivity contribution < 1.29 is 17.2 Å². The molecular weight excluding hydrogens is 523 g/mol. The third-order valence-corrected chi connectivity index (χ3v) is 6.83. The Labute approximate surface area is 188 Å². The van der Waals surface area contributed by atoms with Gasteiger partial charge in [-0.05, 0) is 53.6 Å². The number of benzene rings is 3. The maximum atomic E-state index is 12.2. The van der Waals surface area contributed by atoms with E-state index in [4.69, 9.17) is 28.3 Å². The van der Waals surface area contributed by atoms with Gasteiger partial charge in [-0.2, -0.15) is 0 Å². The summed E-state index contributed by atoms with van der Waals surface area (Å²) in [6.07, 6.45) is 0. The fourth-order valence-electron chi connectivity index (χ4n) is 2.68. The van der Waals surface area contributed by atoms with Gasteiger partial charge >= 0.3 is 0 Å². The van der Waals surface area contributed by atoms with Gasteiger partial charge in [-0.15, -0.1) is 0 Å². The molecule has 1 unspecified atom stereocenters. The van der Waals surface area contributed by atoms with Crippen molar-refractivity contribution >= 4 is 71.8 Å². The lowest BCUT2D eigenvalue weighted by molar-refractivity contribution is 0.564. The molecule has 3 rings (SSSR count). The molecule has 0 aliphatic carbocycles. The standard InChI is InChI=1S/C18H13BrCl2N2O4S2/c19-13-5-7-17(18(10-13)29(22,26)27)23(28(24)25)14-3-1-2-11(8-14)12-4-6-15(20)16(21)9-12/h1-10H,(H,24,25)(H2,22,26,27). The molecule has 0 saturated heterocycles. The van der Waals surface area contributed by atoms with Gasteiger partial charge in [0.05, 0.1) is 21.4 Å². The van der Waals surface area contributed by atoms with Crippen LogP contribution < -0.4 is 9.44 Å². The summed E-state index contributed by atoms with van der Waals surface area (Å²) in [6, 6.07) is 15.9. The summed E-state index contributed by atoms with van der Waals surface area (Å²) in [6.45, 7) is 0. The number of nitrogens with two attached hydrogens (primary N) is 1. The first-order valence-electron chi connectivity index (χ1n) is 7.87. The Hall–Kier alpha value is -1.46. The van der Waals surface area contributed by atoms with Gasteiger partial charge in [0.15, 0.2) is 0 Å². The minimum atomic E-state index is -4.16. The van der Waals surface area contributed by atoms with E-state index in [1.807, 2.05) is 0 Å². The van der Waals surface area contributed by atoms with Gasteiger partial charge in [0.25, 0.3) is 11.3 Å². The Balaban J connectivity index is 2.18. The number of halogens is 3. The van der Waals surface area contributed by atoms with E-state index in [2.05, 4.69) is 15.9 Å². The van der Waals surface area contributed by atoms with Crippen LogP contribution in [0.1, 0.15) is 0 Å². The van der Waals surface area contributed by atoms with Gasteiger partial charge in [-0.3, -0.25) is 4.55 Å². The number of primary sulfonamides is 1. The van der Waals surface area contributed by atoms with Crippen molar-refractivity contribution in [3.8, 4) is 11.1 Å². The Morgan fingerprint density at radius 1 is 0.966 bits per heavy atom. The monoisotopic (exact) mass is 534 g/mol. The molecule has 0 bridgehead atoms. The molecule has 0 aliphatic rings. The summed E-state index contributed by atoms with van der Waals surface area (Å²) in [4.78, 5) is -0.297. The molecule has 0 amide bonds. The molecule has 0 heterocycles. The van der Waals surface area contributed by atoms with Crippen LogP contribution >= 0.6 is 39.1 Å². The Bertz CT molecular complexity index is 1220. The SMILES string of the molecule is NS(=O)(=O)c1cc(Br)ccc1N(c1cccc(-c2ccc(Cl)c(Cl)c2)c1)S(=O)O. The molecule has 1 atom stereocenters. The lowest BCUT2D eigenvalue weighted by atomic mass is 10.1. The maximum absolute atomic E-state index is 12.2. The third-order valence-electron chi connectivity index (χ3n) is 3.94. The van der Waals surface area contributed by atoms with E-state index in [-0.39, 0.29) is 16.3 Å². The smallest absolute Gasteiger partial charge is 0.266 e. The molecule has 11 heteroatoms. The van der Waals surface area contributed by atoms with Crippen LogP contribution in [-0.4, -0.2) is 17.2 Å². The van der Waals surface area contributed by atoms with Crippen LogP contribution in [-0.2, 0) is 21.3 Å². The van der Waals surface area contributed by atoms with E-state index >= 15 is 0 Å². The first-order chi connectivity index (χ1) is 13.6. The summed E-state index contributed by atoms with van der Waals surface area (Å²) in [5, 5.41) is 6.07. The molecule has 0 radical (unpaired) electrons. The first kappa shape index (κ1) is 22.2. The molecule has 3 N–H and O–H groups in total. The fraction of sp³-hybridized carbons (Fsp3) is 0. The average Bonchev–Trinajstić information content (AvgIpc) is 2.64. The first-order valence-corrected chi connectivity index (χ1v) is 12.0. The molecule has 29 heavy (non-hydrogen) atoms. The second-order valence-corrected chi connectivity index (χ2v) is 9.95. The van der Waals surface area contributed by atoms with Gasteiger partial charge in [0.1, 0.15) is 4.90 Å². The summed E-state index contributed by atoms with van der Waals surface area (Å²) in [5.74, 6) is 0. The number of hydrogen-bond donors (Lipinski definition) is 2. The fourth-order valence-corrected chi connectivity index (χ4v) is 4.92. The lowest BCUT2D eigenvalue weighted by Crippen LogP contribution is -2.23. The van der Waals surface area contributed by atoms with Crippen molar-refractivity contribution in [3.63, 3.8) is 0 Å². The average molecular weight is 536 g/mol. The van der Waals surface area contributed by atoms with Gasteiger partial charge in [0.2, 0.25) is 10.0 Å². The van der Waals surface area contributed by atoms with E-state index in [0.29, 0.717) is 20.1 Å². The predicted molar refractivity (Wildman–Crippen MR) is 120 cm³/mol. The molecule has 152 valence electrons. The summed E-state index contributed by atoms with van der Waals surface area (Å²) >= 11 is 12.6. The molecule has 0 aliphatic heterocycles. The van der Waals surface area contributed by atoms with Crippen LogP contribution in [0.15, 0.2) is 70.0 Å². The second kappa shape index (κ2) is 8.73. The number of rotatable bonds is 5. The lowest BCUT2D eigenvalue weighted by Gasteiger charge is -2.23. The highest BCUT2D eigenvalue weighted by Crippen LogP contribution is 2.36. The van der Waals surface area contributed by atoms with Crippen LogP contribution in [0.25, 0.3) is 11.1 Å². The number of hydrogen-bond acceptors (Lipinski definition) is 3. The molecule has 6 nitrogen and oxygen atoms in total. The maximum Gasteiger partial charge on any atom is 0.266 e. The normalized spacial score (nSPS) is 12.6. The van der Waals surface area contributed by atoms with Gasteiger partial charge in [-0.25, -0.2) is 22.1 Å². The van der Waals surface area contributed by atoms with Gasteiger partial charge in [-0.1, -0.05) is 57.3 Å². The Kier molecular flexibility index (Phi) is 6.69. The molecule has 0 spiro atoms. The quantitative estimate of drug-likeness (QED) is 0.430. The molecule has 3 aromatic carbocycles. The van der Waals surface area contributed by atoms with Crippen molar-refractivity contribution in [2.75, 3.05) is 4.31 Å². The van der Waals surface area contributed by atoms with Gasteiger partial charge in [0, 0.05) is 4.47 Å². The van der Waals surface area contributed by atoms with Crippen LogP contribution in [0.2, 0.25) is 10.0 Å². The summed E-state index contributed by atoms with van der Waals surface area (Å²) < 4.78 is 47.6. The van der Waals surface area contributed by atoms with Crippen molar-refractivity contribution in [3.05, 3.63) is 75.2 Å². The Morgan fingerprint density at radius 2 is 1.66 bits per heavy atom. The topological polar surface area (TPSA) is 101 Å². The zero-order valence-corrected chi connectivity index (χ0v) is 19.2. The van der Waals surface area contributed by atoms with E-state index < -0.39 is 21.3 Å². The van der Waals surface area contributed by atoms with E-state index in [1.165, 1.54) is 12.1 Å². The molecule has 3 aromatic rings. The van der Waals surface area contributed by atoms with Crippen LogP contribution in [0.5, 0.6) is 0 Å². The number of sulfonamides is 1. The highest BCUT2D eigenvalue weighted by Gasteiger charge is 2.24. The minimum Gasteiger partial charge on any atom is -0.289 e. The zero-order chi connectivity index (χ0) is 21.3. The molecule has 0 saturated carbocycles. The van der Waals surface area contributed by atoms with Crippen LogP contribution in [0, 0.1) is 0 Å². The second-order valence-electron chi connectivity index (χ2n) is 5.86. The largest absolute Gasteiger partial charge is 0.289 e. The van der Waals surface area contributed by atoms with Crippen molar-refractivity contribution in [1.82, 2.24) is 0 Å². The Morgan fingerprint density at radius 3 is 2.28 bits per heavy atom. The van der Waals surface area contributed by atoms with E-state index in [0.717, 1.165) is 9.87 Å². The predicted octanol–water partition coefficient (Wildman–Crippen LogP) is 5.35. The van der Waals surface area contributed by atoms with Gasteiger partial charge < -0.3 is 0 Å². The summed E-state index contributed by atoms with van der Waals surface area (Å²) in [5.41, 5.74) is 1.66. The summed E-state index contributed by atoms with van der Waals surface area (Å²) in [7, 11) is -4.16. The molecular formula is C18H13BrCl2N2O4S2. The zero-order valence-electron chi connectivity index (χ0n) is 14.4. The minimum absolute atomic E-state index is 0.0391. The third kappa shape index (κ3) is 5.00. The molecule has 0 aromatic heterocycles. The number of anilines is 2. The highest BCUT2D eigenvalue weighted by molar-refractivity contribution is 9.10. The van der Waals surface area contributed by atoms with E-state index in [9.17, 15) is 17.2 Å².